The Morgan fingerprint density at radius 2 is 2.00 bits per heavy atom. The fraction of sp³-hybridized carbons (Fsp3) is 0.412. The van der Waals surface area contributed by atoms with Gasteiger partial charge in [-0.25, -0.2) is 0 Å². The predicted molar refractivity (Wildman–Crippen MR) is 86.2 cm³/mol. The molecule has 2 aromatic rings. The van der Waals surface area contributed by atoms with E-state index >= 15 is 0 Å². The van der Waals surface area contributed by atoms with Crippen LogP contribution in [0.1, 0.15) is 21.7 Å². The molecular weight excluding hydrogens is 294 g/mol. The summed E-state index contributed by atoms with van der Waals surface area (Å²) in [4.78, 5) is 14.3. The molecule has 3 rings (SSSR count). The van der Waals surface area contributed by atoms with Crippen molar-refractivity contribution < 1.29 is 14.3 Å². The van der Waals surface area contributed by atoms with E-state index in [4.69, 9.17) is 9.47 Å². The lowest BCUT2D eigenvalue weighted by Gasteiger charge is -2.26. The predicted octanol–water partition coefficient (Wildman–Crippen LogP) is 2.00. The van der Waals surface area contributed by atoms with Crippen molar-refractivity contribution in [3.8, 4) is 11.1 Å². The lowest BCUT2D eigenvalue weighted by Crippen LogP contribution is -2.40. The number of amides is 1. The average Bonchev–Trinajstić information content (AvgIpc) is 2.96. The Morgan fingerprint density at radius 1 is 1.30 bits per heavy atom. The SMILES string of the molecule is COCc1n[nH]c(C)c1-c1ccc(C(=O)N2CCOCC2)cc1. The van der Waals surface area contributed by atoms with Crippen molar-refractivity contribution in [1.82, 2.24) is 15.1 Å². The van der Waals surface area contributed by atoms with Crippen LogP contribution in [0.5, 0.6) is 0 Å². The molecule has 122 valence electrons. The average molecular weight is 315 g/mol. The van der Waals surface area contributed by atoms with Gasteiger partial charge in [-0.05, 0) is 24.6 Å². The van der Waals surface area contributed by atoms with Crippen LogP contribution in [0.2, 0.25) is 0 Å². The fourth-order valence-corrected chi connectivity index (χ4v) is 2.83. The number of methoxy groups -OCH3 is 1. The van der Waals surface area contributed by atoms with E-state index in [2.05, 4.69) is 10.2 Å². The summed E-state index contributed by atoms with van der Waals surface area (Å²) in [6, 6.07) is 7.67. The first kappa shape index (κ1) is 15.7. The number of hydrogen-bond donors (Lipinski definition) is 1. The number of carbonyl (C=O) groups excluding carboxylic acids is 1. The molecule has 1 aliphatic rings. The molecule has 1 N–H and O–H groups in total. The van der Waals surface area contributed by atoms with Gasteiger partial charge in [-0.3, -0.25) is 9.89 Å². The standard InChI is InChI=1S/C17H21N3O3/c1-12-16(15(11-22-2)19-18-12)13-3-5-14(6-4-13)17(21)20-7-9-23-10-8-20/h3-6H,7-11H2,1-2H3,(H,18,19). The number of aromatic amines is 1. The van der Waals surface area contributed by atoms with E-state index in [-0.39, 0.29) is 5.91 Å². The number of aryl methyl sites for hydroxylation is 1. The van der Waals surface area contributed by atoms with Crippen LogP contribution in [-0.4, -0.2) is 54.4 Å². The Balaban J connectivity index is 1.82. The summed E-state index contributed by atoms with van der Waals surface area (Å²) in [6.45, 7) is 4.96. The van der Waals surface area contributed by atoms with Crippen molar-refractivity contribution in [2.75, 3.05) is 33.4 Å². The second-order valence-electron chi connectivity index (χ2n) is 5.59. The maximum absolute atomic E-state index is 12.5. The largest absolute Gasteiger partial charge is 0.378 e. The van der Waals surface area contributed by atoms with Crippen LogP contribution in [0.3, 0.4) is 0 Å². The summed E-state index contributed by atoms with van der Waals surface area (Å²) in [5, 5.41) is 7.26. The number of nitrogens with zero attached hydrogens (tertiary/aromatic N) is 2. The maximum atomic E-state index is 12.5. The summed E-state index contributed by atoms with van der Waals surface area (Å²) >= 11 is 0. The molecule has 0 saturated carbocycles. The van der Waals surface area contributed by atoms with E-state index in [0.29, 0.717) is 38.5 Å². The molecule has 0 unspecified atom stereocenters. The molecule has 6 heteroatoms. The maximum Gasteiger partial charge on any atom is 0.254 e. The number of nitrogens with one attached hydrogen (secondary N) is 1. The first-order chi connectivity index (χ1) is 11.2. The van der Waals surface area contributed by atoms with E-state index < -0.39 is 0 Å². The minimum absolute atomic E-state index is 0.0564. The van der Waals surface area contributed by atoms with Crippen LogP contribution in [0.25, 0.3) is 11.1 Å². The minimum Gasteiger partial charge on any atom is -0.378 e. The van der Waals surface area contributed by atoms with Gasteiger partial charge in [0.1, 0.15) is 0 Å². The van der Waals surface area contributed by atoms with Gasteiger partial charge in [0.2, 0.25) is 0 Å². The summed E-state index contributed by atoms with van der Waals surface area (Å²) in [6.07, 6.45) is 0. The molecule has 0 atom stereocenters. The van der Waals surface area contributed by atoms with Crippen LogP contribution >= 0.6 is 0 Å². The second kappa shape index (κ2) is 6.93. The van der Waals surface area contributed by atoms with E-state index in [1.807, 2.05) is 36.1 Å². The summed E-state index contributed by atoms with van der Waals surface area (Å²) in [5.74, 6) is 0.0564. The third-order valence-corrected chi connectivity index (χ3v) is 4.02. The molecule has 2 heterocycles. The molecule has 0 spiro atoms. The van der Waals surface area contributed by atoms with Crippen molar-refractivity contribution in [3.63, 3.8) is 0 Å². The van der Waals surface area contributed by atoms with Crippen LogP contribution in [0.15, 0.2) is 24.3 Å². The zero-order valence-corrected chi connectivity index (χ0v) is 13.5. The summed E-state index contributed by atoms with van der Waals surface area (Å²) < 4.78 is 10.5. The quantitative estimate of drug-likeness (QED) is 0.937. The highest BCUT2D eigenvalue weighted by atomic mass is 16.5. The number of carbonyl (C=O) groups is 1. The van der Waals surface area contributed by atoms with Crippen LogP contribution < -0.4 is 0 Å². The molecule has 1 amide bonds. The topological polar surface area (TPSA) is 67.5 Å². The van der Waals surface area contributed by atoms with Crippen molar-refractivity contribution >= 4 is 5.91 Å². The molecular formula is C17H21N3O3. The van der Waals surface area contributed by atoms with Gasteiger partial charge in [0.05, 0.1) is 25.5 Å². The number of ether oxygens (including phenoxy) is 2. The Hall–Kier alpha value is -2.18. The molecule has 1 aromatic heterocycles. The second-order valence-corrected chi connectivity index (χ2v) is 5.59. The van der Waals surface area contributed by atoms with E-state index in [0.717, 1.165) is 22.5 Å². The lowest BCUT2D eigenvalue weighted by atomic mass is 10.0. The molecule has 1 aliphatic heterocycles. The smallest absolute Gasteiger partial charge is 0.254 e. The zero-order chi connectivity index (χ0) is 16.2. The van der Waals surface area contributed by atoms with Crippen molar-refractivity contribution in [2.24, 2.45) is 0 Å². The number of H-pyrrole nitrogens is 1. The Labute approximate surface area is 135 Å². The molecule has 1 fully saturated rings. The highest BCUT2D eigenvalue weighted by Gasteiger charge is 2.19. The first-order valence-electron chi connectivity index (χ1n) is 7.71. The number of morpholine rings is 1. The molecule has 0 radical (unpaired) electrons. The Bertz CT molecular complexity index is 673. The zero-order valence-electron chi connectivity index (χ0n) is 13.5. The number of hydrogen-bond acceptors (Lipinski definition) is 4. The molecule has 0 aliphatic carbocycles. The van der Waals surface area contributed by atoms with Crippen LogP contribution in [0.4, 0.5) is 0 Å². The summed E-state index contributed by atoms with van der Waals surface area (Å²) in [7, 11) is 1.65. The van der Waals surface area contributed by atoms with Crippen molar-refractivity contribution in [1.29, 1.82) is 0 Å². The van der Waals surface area contributed by atoms with Gasteiger partial charge in [0.25, 0.3) is 5.91 Å². The lowest BCUT2D eigenvalue weighted by molar-refractivity contribution is 0.0303. The number of aromatic nitrogens is 2. The highest BCUT2D eigenvalue weighted by molar-refractivity contribution is 5.94. The van der Waals surface area contributed by atoms with E-state index in [1.165, 1.54) is 0 Å². The van der Waals surface area contributed by atoms with Crippen molar-refractivity contribution in [3.05, 3.63) is 41.2 Å². The molecule has 23 heavy (non-hydrogen) atoms. The molecule has 1 aromatic carbocycles. The molecule has 1 saturated heterocycles. The van der Waals surface area contributed by atoms with Crippen LogP contribution in [0, 0.1) is 6.92 Å². The van der Waals surface area contributed by atoms with Gasteiger partial charge >= 0.3 is 0 Å². The van der Waals surface area contributed by atoms with E-state index in [9.17, 15) is 4.79 Å². The van der Waals surface area contributed by atoms with Crippen molar-refractivity contribution in [2.45, 2.75) is 13.5 Å². The minimum atomic E-state index is 0.0564. The first-order valence-corrected chi connectivity index (χ1v) is 7.71. The van der Waals surface area contributed by atoms with Gasteiger partial charge in [-0.1, -0.05) is 12.1 Å². The van der Waals surface area contributed by atoms with Crippen LogP contribution in [-0.2, 0) is 16.1 Å². The number of benzene rings is 1. The van der Waals surface area contributed by atoms with Gasteiger partial charge in [0, 0.05) is 37.0 Å². The summed E-state index contributed by atoms with van der Waals surface area (Å²) in [5.41, 5.74) is 4.63. The van der Waals surface area contributed by atoms with Gasteiger partial charge < -0.3 is 14.4 Å². The van der Waals surface area contributed by atoms with Gasteiger partial charge in [0.15, 0.2) is 0 Å². The molecule has 0 bridgehead atoms. The monoisotopic (exact) mass is 315 g/mol. The Morgan fingerprint density at radius 3 is 2.65 bits per heavy atom. The van der Waals surface area contributed by atoms with Gasteiger partial charge in [-0.15, -0.1) is 0 Å². The highest BCUT2D eigenvalue weighted by Crippen LogP contribution is 2.26. The Kier molecular flexibility index (Phi) is 4.73. The number of rotatable bonds is 4. The normalized spacial score (nSPS) is 15.0. The fourth-order valence-electron chi connectivity index (χ4n) is 2.83. The third kappa shape index (κ3) is 3.28. The molecule has 6 nitrogen and oxygen atoms in total. The van der Waals surface area contributed by atoms with Gasteiger partial charge in [-0.2, -0.15) is 5.10 Å². The third-order valence-electron chi connectivity index (χ3n) is 4.02. The van der Waals surface area contributed by atoms with E-state index in [1.54, 1.807) is 7.11 Å².